The monoisotopic (exact) mass is 426 g/mol. The normalized spacial score (nSPS) is 11.6. The highest BCUT2D eigenvalue weighted by Gasteiger charge is 2.42. The third-order valence-electron chi connectivity index (χ3n) is 4.42. The summed E-state index contributed by atoms with van der Waals surface area (Å²) in [5.74, 6) is -9.43. The molecule has 0 atom stereocenters. The highest BCUT2D eigenvalue weighted by Crippen LogP contribution is 2.39. The molecule has 0 aliphatic rings. The van der Waals surface area contributed by atoms with E-state index >= 15 is 0 Å². The zero-order valence-electron chi connectivity index (χ0n) is 15.7. The highest BCUT2D eigenvalue weighted by atomic mass is 19.3. The van der Waals surface area contributed by atoms with E-state index in [9.17, 15) is 26.3 Å². The summed E-state index contributed by atoms with van der Waals surface area (Å²) >= 11 is 0. The number of aromatic hydroxyl groups is 1. The lowest BCUT2D eigenvalue weighted by Gasteiger charge is -2.20. The van der Waals surface area contributed by atoms with E-state index < -0.39 is 46.4 Å². The Balaban J connectivity index is 1.95. The second-order valence-corrected chi connectivity index (χ2v) is 6.59. The summed E-state index contributed by atoms with van der Waals surface area (Å²) in [5.41, 5.74) is -0.298. The van der Waals surface area contributed by atoms with Crippen LogP contribution in [0, 0.1) is 23.3 Å². The van der Waals surface area contributed by atoms with Gasteiger partial charge in [0.1, 0.15) is 17.2 Å². The Labute approximate surface area is 168 Å². The van der Waals surface area contributed by atoms with Gasteiger partial charge >= 0.3 is 6.11 Å². The van der Waals surface area contributed by atoms with Crippen LogP contribution in [-0.2, 0) is 12.5 Å². The zero-order valence-corrected chi connectivity index (χ0v) is 15.7. The van der Waals surface area contributed by atoms with Crippen molar-refractivity contribution in [2.45, 2.75) is 25.9 Å². The van der Waals surface area contributed by atoms with Crippen LogP contribution in [0.25, 0.3) is 11.1 Å². The van der Waals surface area contributed by atoms with Crippen LogP contribution in [-0.4, -0.2) is 5.11 Å². The molecule has 0 aliphatic heterocycles. The number of benzene rings is 3. The molecule has 0 amide bonds. The second-order valence-electron chi connectivity index (χ2n) is 6.59. The molecule has 3 rings (SSSR count). The molecule has 0 heterocycles. The molecule has 0 fully saturated rings. The molecule has 1 N–H and O–H groups in total. The SMILES string of the molecule is CCCc1ccc(-c2cc(F)c(C(F)(F)Oc3ccc(O)c(F)c3F)c(F)c2)cc1. The van der Waals surface area contributed by atoms with Crippen molar-refractivity contribution in [2.75, 3.05) is 0 Å². The van der Waals surface area contributed by atoms with Crippen molar-refractivity contribution in [3.63, 3.8) is 0 Å². The van der Waals surface area contributed by atoms with E-state index in [1.807, 2.05) is 6.92 Å². The maximum absolute atomic E-state index is 14.4. The Morgan fingerprint density at radius 2 is 1.43 bits per heavy atom. The molecule has 158 valence electrons. The molecule has 3 aromatic rings. The van der Waals surface area contributed by atoms with Crippen LogP contribution in [0.2, 0.25) is 0 Å². The second kappa shape index (κ2) is 8.30. The van der Waals surface area contributed by atoms with E-state index in [1.54, 1.807) is 24.3 Å². The Bertz CT molecular complexity index is 1040. The van der Waals surface area contributed by atoms with Crippen molar-refractivity contribution in [1.82, 2.24) is 0 Å². The first kappa shape index (κ1) is 21.5. The van der Waals surface area contributed by atoms with Crippen LogP contribution >= 0.6 is 0 Å². The summed E-state index contributed by atoms with van der Waals surface area (Å²) in [6, 6.07) is 9.26. The molecule has 0 radical (unpaired) electrons. The third kappa shape index (κ3) is 4.22. The Morgan fingerprint density at radius 3 is 2.00 bits per heavy atom. The predicted octanol–water partition coefficient (Wildman–Crippen LogP) is 6.70. The Hall–Kier alpha value is -3.16. The summed E-state index contributed by atoms with van der Waals surface area (Å²) in [4.78, 5) is 0. The van der Waals surface area contributed by atoms with Gasteiger partial charge < -0.3 is 9.84 Å². The van der Waals surface area contributed by atoms with E-state index in [2.05, 4.69) is 4.74 Å². The Morgan fingerprint density at radius 1 is 0.833 bits per heavy atom. The largest absolute Gasteiger partial charge is 0.505 e. The van der Waals surface area contributed by atoms with Crippen molar-refractivity contribution in [3.8, 4) is 22.6 Å². The minimum Gasteiger partial charge on any atom is -0.505 e. The molecule has 0 aliphatic carbocycles. The van der Waals surface area contributed by atoms with Gasteiger partial charge in [0.25, 0.3) is 0 Å². The molecular weight excluding hydrogens is 410 g/mol. The first-order chi connectivity index (χ1) is 14.1. The van der Waals surface area contributed by atoms with Gasteiger partial charge in [-0.2, -0.15) is 17.6 Å². The van der Waals surface area contributed by atoms with Crippen LogP contribution in [0.3, 0.4) is 0 Å². The zero-order chi connectivity index (χ0) is 22.1. The number of ether oxygens (including phenoxy) is 1. The van der Waals surface area contributed by atoms with Gasteiger partial charge in [-0.15, -0.1) is 0 Å². The molecule has 0 aromatic heterocycles. The quantitative estimate of drug-likeness (QED) is 0.445. The summed E-state index contributed by atoms with van der Waals surface area (Å²) < 4.78 is 88.8. The fourth-order valence-electron chi connectivity index (χ4n) is 2.96. The summed E-state index contributed by atoms with van der Waals surface area (Å²) in [6.07, 6.45) is -2.92. The minimum absolute atomic E-state index is 0.0226. The first-order valence-electron chi connectivity index (χ1n) is 8.96. The van der Waals surface area contributed by atoms with Crippen LogP contribution in [0.4, 0.5) is 26.3 Å². The van der Waals surface area contributed by atoms with E-state index in [-0.39, 0.29) is 5.56 Å². The van der Waals surface area contributed by atoms with Gasteiger partial charge in [0.2, 0.25) is 11.6 Å². The van der Waals surface area contributed by atoms with Crippen molar-refractivity contribution < 1.29 is 36.2 Å². The van der Waals surface area contributed by atoms with Gasteiger partial charge in [-0.1, -0.05) is 37.6 Å². The third-order valence-corrected chi connectivity index (χ3v) is 4.42. The van der Waals surface area contributed by atoms with E-state index in [0.717, 1.165) is 18.4 Å². The molecule has 0 unspecified atom stereocenters. The molecule has 0 bridgehead atoms. The van der Waals surface area contributed by atoms with Gasteiger partial charge in [0, 0.05) is 0 Å². The molecule has 0 spiro atoms. The molecule has 30 heavy (non-hydrogen) atoms. The van der Waals surface area contributed by atoms with Crippen molar-refractivity contribution >= 4 is 0 Å². The average molecular weight is 426 g/mol. The number of rotatable bonds is 6. The topological polar surface area (TPSA) is 29.5 Å². The molecule has 2 nitrogen and oxygen atoms in total. The van der Waals surface area contributed by atoms with Gasteiger partial charge in [0.15, 0.2) is 11.5 Å². The molecule has 8 heteroatoms. The van der Waals surface area contributed by atoms with Gasteiger partial charge in [-0.05, 0) is 47.4 Å². The van der Waals surface area contributed by atoms with Crippen LogP contribution < -0.4 is 4.74 Å². The van der Waals surface area contributed by atoms with Gasteiger partial charge in [0.05, 0.1) is 0 Å². The van der Waals surface area contributed by atoms with Crippen LogP contribution in [0.5, 0.6) is 11.5 Å². The minimum atomic E-state index is -4.65. The fourth-order valence-corrected chi connectivity index (χ4v) is 2.96. The summed E-state index contributed by atoms with van der Waals surface area (Å²) in [6.45, 7) is 2.00. The van der Waals surface area contributed by atoms with Crippen molar-refractivity contribution in [3.05, 3.63) is 82.9 Å². The average Bonchev–Trinajstić information content (AvgIpc) is 2.68. The molecule has 0 saturated heterocycles. The summed E-state index contributed by atoms with van der Waals surface area (Å²) in [7, 11) is 0. The number of hydrogen-bond acceptors (Lipinski definition) is 2. The lowest BCUT2D eigenvalue weighted by atomic mass is 10.00. The van der Waals surface area contributed by atoms with Gasteiger partial charge in [-0.25, -0.2) is 8.78 Å². The number of phenols is 1. The number of alkyl halides is 2. The molecular formula is C22H16F6O2. The Kier molecular flexibility index (Phi) is 5.96. The van der Waals surface area contributed by atoms with E-state index in [0.29, 0.717) is 29.8 Å². The number of hydrogen-bond donors (Lipinski definition) is 1. The summed E-state index contributed by atoms with van der Waals surface area (Å²) in [5, 5.41) is 9.04. The number of halogens is 6. The molecule has 0 saturated carbocycles. The van der Waals surface area contributed by atoms with Crippen molar-refractivity contribution in [1.29, 1.82) is 0 Å². The smallest absolute Gasteiger partial charge is 0.432 e. The highest BCUT2D eigenvalue weighted by molar-refractivity contribution is 5.64. The maximum Gasteiger partial charge on any atom is 0.432 e. The number of aryl methyl sites for hydroxylation is 1. The van der Waals surface area contributed by atoms with Crippen LogP contribution in [0.15, 0.2) is 48.5 Å². The lowest BCUT2D eigenvalue weighted by Crippen LogP contribution is -2.26. The van der Waals surface area contributed by atoms with E-state index in [4.69, 9.17) is 5.11 Å². The van der Waals surface area contributed by atoms with Crippen LogP contribution in [0.1, 0.15) is 24.5 Å². The van der Waals surface area contributed by atoms with Gasteiger partial charge in [-0.3, -0.25) is 0 Å². The van der Waals surface area contributed by atoms with E-state index in [1.165, 1.54) is 0 Å². The number of phenolic OH excluding ortho intramolecular Hbond substituents is 1. The fraction of sp³-hybridized carbons (Fsp3) is 0.182. The standard InChI is InChI=1S/C22H16F6O2/c1-2-3-12-4-6-13(7-5-12)14-10-15(23)19(16(24)11-14)22(27,28)30-18-9-8-17(29)20(25)21(18)26/h4-11,29H,2-3H2,1H3. The maximum atomic E-state index is 14.4. The first-order valence-corrected chi connectivity index (χ1v) is 8.96. The lowest BCUT2D eigenvalue weighted by molar-refractivity contribution is -0.191. The predicted molar refractivity (Wildman–Crippen MR) is 98.3 cm³/mol. The molecule has 3 aromatic carbocycles. The van der Waals surface area contributed by atoms with Crippen molar-refractivity contribution in [2.24, 2.45) is 0 Å².